The first-order valence-corrected chi connectivity index (χ1v) is 6.61. The van der Waals surface area contributed by atoms with E-state index >= 15 is 0 Å². The number of hydroxylamine groups is 1. The number of benzene rings is 1. The van der Waals surface area contributed by atoms with Gasteiger partial charge < -0.3 is 10.2 Å². The van der Waals surface area contributed by atoms with E-state index in [2.05, 4.69) is 5.48 Å². The van der Waals surface area contributed by atoms with Gasteiger partial charge in [-0.15, -0.1) is 0 Å². The number of hydrogen-bond donors (Lipinski definition) is 3. The van der Waals surface area contributed by atoms with Gasteiger partial charge >= 0.3 is 0 Å². The van der Waals surface area contributed by atoms with Crippen molar-refractivity contribution in [2.75, 3.05) is 13.2 Å². The number of carbonyl (C=O) groups is 2. The molecule has 1 rings (SSSR count). The van der Waals surface area contributed by atoms with Crippen molar-refractivity contribution in [1.29, 1.82) is 0 Å². The smallest absolute Gasteiger partial charge is 0.274 e. The van der Waals surface area contributed by atoms with Crippen LogP contribution in [0.2, 0.25) is 0 Å². The lowest BCUT2D eigenvalue weighted by atomic mass is 9.86. The number of aliphatic hydroxyl groups excluding tert-OH is 2. The van der Waals surface area contributed by atoms with Crippen LogP contribution >= 0.6 is 0 Å². The molecule has 1 amide bonds. The molecule has 0 saturated heterocycles. The van der Waals surface area contributed by atoms with Gasteiger partial charge in [0.25, 0.3) is 5.91 Å². The van der Waals surface area contributed by atoms with Crippen LogP contribution in [0.15, 0.2) is 24.3 Å². The van der Waals surface area contributed by atoms with Crippen LogP contribution < -0.4 is 5.48 Å². The van der Waals surface area contributed by atoms with Gasteiger partial charge in [0.15, 0.2) is 5.78 Å². The minimum absolute atomic E-state index is 0.00298. The van der Waals surface area contributed by atoms with Gasteiger partial charge in [0, 0.05) is 16.5 Å². The molecule has 1 unspecified atom stereocenters. The summed E-state index contributed by atoms with van der Waals surface area (Å²) in [5, 5.41) is 17.6. The summed E-state index contributed by atoms with van der Waals surface area (Å²) in [4.78, 5) is 28.5. The van der Waals surface area contributed by atoms with E-state index in [1.165, 1.54) is 12.1 Å². The Morgan fingerprint density at radius 1 is 1.19 bits per heavy atom. The average Bonchev–Trinajstić information content (AvgIpc) is 2.45. The van der Waals surface area contributed by atoms with Crippen molar-refractivity contribution in [1.82, 2.24) is 5.48 Å². The zero-order chi connectivity index (χ0) is 16.0. The predicted molar refractivity (Wildman–Crippen MR) is 76.7 cm³/mol. The molecule has 0 aliphatic rings. The third-order valence-corrected chi connectivity index (χ3v) is 2.74. The maximum atomic E-state index is 12.1. The lowest BCUT2D eigenvalue weighted by Crippen LogP contribution is -2.29. The van der Waals surface area contributed by atoms with Crippen molar-refractivity contribution < 1.29 is 24.6 Å². The van der Waals surface area contributed by atoms with Crippen molar-refractivity contribution in [3.8, 4) is 0 Å². The Morgan fingerprint density at radius 2 is 1.71 bits per heavy atom. The van der Waals surface area contributed by atoms with Crippen LogP contribution in [-0.4, -0.2) is 41.2 Å². The van der Waals surface area contributed by atoms with Crippen LogP contribution in [0, 0.1) is 5.41 Å². The van der Waals surface area contributed by atoms with Crippen LogP contribution in [-0.2, 0) is 4.84 Å². The monoisotopic (exact) mass is 295 g/mol. The van der Waals surface area contributed by atoms with Gasteiger partial charge in [-0.05, 0) is 12.1 Å². The minimum atomic E-state index is -1.04. The average molecular weight is 295 g/mol. The molecule has 6 nitrogen and oxygen atoms in total. The van der Waals surface area contributed by atoms with E-state index in [4.69, 9.17) is 15.1 Å². The normalized spacial score (nSPS) is 12.8. The Kier molecular flexibility index (Phi) is 6.02. The van der Waals surface area contributed by atoms with Crippen molar-refractivity contribution in [3.05, 3.63) is 35.4 Å². The minimum Gasteiger partial charge on any atom is -0.394 e. The molecule has 3 N–H and O–H groups in total. The highest BCUT2D eigenvalue weighted by atomic mass is 16.7. The van der Waals surface area contributed by atoms with Crippen LogP contribution in [0.3, 0.4) is 0 Å². The molecule has 116 valence electrons. The molecule has 1 aromatic carbocycles. The Morgan fingerprint density at radius 3 is 2.19 bits per heavy atom. The maximum absolute atomic E-state index is 12.1. The maximum Gasteiger partial charge on any atom is 0.274 e. The highest BCUT2D eigenvalue weighted by Crippen LogP contribution is 2.20. The number of rotatable bonds is 6. The van der Waals surface area contributed by atoms with Gasteiger partial charge in [0.1, 0.15) is 12.7 Å². The Bertz CT molecular complexity index is 490. The Labute approximate surface area is 123 Å². The number of ketones is 1. The van der Waals surface area contributed by atoms with E-state index in [0.717, 1.165) is 0 Å². The van der Waals surface area contributed by atoms with Gasteiger partial charge in [-0.25, -0.2) is 5.48 Å². The topological polar surface area (TPSA) is 95.9 Å². The van der Waals surface area contributed by atoms with Crippen LogP contribution in [0.1, 0.15) is 41.5 Å². The Balaban J connectivity index is 2.62. The fourth-order valence-corrected chi connectivity index (χ4v) is 1.52. The first kappa shape index (κ1) is 17.3. The van der Waals surface area contributed by atoms with E-state index in [-0.39, 0.29) is 12.4 Å². The molecular weight excluding hydrogens is 274 g/mol. The van der Waals surface area contributed by atoms with Crippen LogP contribution in [0.5, 0.6) is 0 Å². The zero-order valence-corrected chi connectivity index (χ0v) is 12.4. The largest absolute Gasteiger partial charge is 0.394 e. The molecule has 0 bridgehead atoms. The number of aliphatic hydroxyl groups is 2. The number of Topliss-reactive ketones (excluding diaryl/α,β-unsaturated/α-hetero) is 1. The molecule has 1 aromatic rings. The van der Waals surface area contributed by atoms with E-state index in [1.54, 1.807) is 12.1 Å². The van der Waals surface area contributed by atoms with Gasteiger partial charge in [-0.1, -0.05) is 32.9 Å². The third kappa shape index (κ3) is 5.26. The second kappa shape index (κ2) is 7.31. The van der Waals surface area contributed by atoms with Crippen molar-refractivity contribution >= 4 is 11.7 Å². The fourth-order valence-electron chi connectivity index (χ4n) is 1.52. The summed E-state index contributed by atoms with van der Waals surface area (Å²) in [5.74, 6) is -0.494. The highest BCUT2D eigenvalue weighted by Gasteiger charge is 2.22. The highest BCUT2D eigenvalue weighted by molar-refractivity contribution is 6.01. The number of hydrogen-bond acceptors (Lipinski definition) is 5. The summed E-state index contributed by atoms with van der Waals surface area (Å²) in [6, 6.07) is 6.23. The summed E-state index contributed by atoms with van der Waals surface area (Å²) in [5.41, 5.74) is 2.54. The molecule has 6 heteroatoms. The fraction of sp³-hybridized carbons (Fsp3) is 0.467. The predicted octanol–water partition coefficient (Wildman–Crippen LogP) is 0.930. The molecule has 0 saturated carbocycles. The second-order valence-corrected chi connectivity index (χ2v) is 5.74. The molecule has 0 aliphatic carbocycles. The lowest BCUT2D eigenvalue weighted by molar-refractivity contribution is -0.0295. The SMILES string of the molecule is CC(C)(C)C(=O)c1ccc(C(=O)NOCC(O)CO)cc1. The molecule has 0 heterocycles. The first-order valence-electron chi connectivity index (χ1n) is 6.61. The van der Waals surface area contributed by atoms with Crippen molar-refractivity contribution in [3.63, 3.8) is 0 Å². The molecule has 1 atom stereocenters. The summed E-state index contributed by atoms with van der Waals surface area (Å²) >= 11 is 0. The Hall–Kier alpha value is -1.76. The molecule has 0 aliphatic heterocycles. The number of nitrogens with one attached hydrogen (secondary N) is 1. The van der Waals surface area contributed by atoms with Crippen molar-refractivity contribution in [2.45, 2.75) is 26.9 Å². The first-order chi connectivity index (χ1) is 9.75. The van der Waals surface area contributed by atoms with Crippen LogP contribution in [0.25, 0.3) is 0 Å². The molecular formula is C15H21NO5. The van der Waals surface area contributed by atoms with Gasteiger partial charge in [0.05, 0.1) is 6.61 Å². The number of carbonyl (C=O) groups excluding carboxylic acids is 2. The third-order valence-electron chi connectivity index (χ3n) is 2.74. The zero-order valence-electron chi connectivity index (χ0n) is 12.4. The van der Waals surface area contributed by atoms with E-state index in [9.17, 15) is 9.59 Å². The molecule has 0 radical (unpaired) electrons. The second-order valence-electron chi connectivity index (χ2n) is 5.74. The summed E-state index contributed by atoms with van der Waals surface area (Å²) in [6.07, 6.45) is -1.04. The summed E-state index contributed by atoms with van der Waals surface area (Å²) in [7, 11) is 0. The number of amides is 1. The lowest BCUT2D eigenvalue weighted by Gasteiger charge is -2.16. The molecule has 0 fully saturated rings. The van der Waals surface area contributed by atoms with E-state index < -0.39 is 24.0 Å². The van der Waals surface area contributed by atoms with Gasteiger partial charge in [-0.3, -0.25) is 14.4 Å². The van der Waals surface area contributed by atoms with Gasteiger partial charge in [0.2, 0.25) is 0 Å². The van der Waals surface area contributed by atoms with Crippen LogP contribution in [0.4, 0.5) is 0 Å². The molecule has 0 aromatic heterocycles. The van der Waals surface area contributed by atoms with E-state index in [0.29, 0.717) is 11.1 Å². The quantitative estimate of drug-likeness (QED) is 0.536. The van der Waals surface area contributed by atoms with Gasteiger partial charge in [-0.2, -0.15) is 0 Å². The van der Waals surface area contributed by atoms with Crippen molar-refractivity contribution in [2.24, 2.45) is 5.41 Å². The van der Waals surface area contributed by atoms with E-state index in [1.807, 2.05) is 20.8 Å². The molecule has 21 heavy (non-hydrogen) atoms. The summed E-state index contributed by atoms with van der Waals surface area (Å²) in [6.45, 7) is 4.84. The standard InChI is InChI=1S/C15H21NO5/c1-15(2,3)13(19)10-4-6-11(7-5-10)14(20)16-21-9-12(18)8-17/h4-7,12,17-18H,8-9H2,1-3H3,(H,16,20). The molecule has 0 spiro atoms. The summed E-state index contributed by atoms with van der Waals surface area (Å²) < 4.78 is 0.